The van der Waals surface area contributed by atoms with Crippen molar-refractivity contribution < 1.29 is 14.7 Å². The molecule has 2 bridgehead atoms. The van der Waals surface area contributed by atoms with Gasteiger partial charge in [-0.05, 0) is 31.1 Å². The van der Waals surface area contributed by atoms with Crippen molar-refractivity contribution in [1.82, 2.24) is 4.90 Å². The Balaban J connectivity index is 2.11. The van der Waals surface area contributed by atoms with E-state index in [1.807, 2.05) is 11.0 Å². The minimum Gasteiger partial charge on any atom is -0.481 e. The zero-order valence-corrected chi connectivity index (χ0v) is 13.1. The van der Waals surface area contributed by atoms with Gasteiger partial charge in [0.1, 0.15) is 0 Å². The lowest BCUT2D eigenvalue weighted by Gasteiger charge is -2.31. The normalized spacial score (nSPS) is 29.8. The Kier molecular flexibility index (Phi) is 5.43. The first kappa shape index (κ1) is 16.1. The molecular formula is C17H27NO3. The highest BCUT2D eigenvalue weighted by Crippen LogP contribution is 2.48. The number of carboxylic acids is 1. The molecule has 0 aromatic carbocycles. The van der Waals surface area contributed by atoms with Crippen LogP contribution in [0.15, 0.2) is 12.2 Å². The number of amides is 1. The third-order valence-corrected chi connectivity index (χ3v) is 4.90. The number of unbranched alkanes of at least 4 members (excludes halogenated alkanes) is 2. The van der Waals surface area contributed by atoms with Gasteiger partial charge in [-0.2, -0.15) is 0 Å². The molecule has 0 radical (unpaired) electrons. The average molecular weight is 293 g/mol. The SMILES string of the molecule is CCCCN(CCCC)C(=O)[C@H]1C2C=CC(C2)[C@H]1C(=O)O. The van der Waals surface area contributed by atoms with Crippen LogP contribution in [0.5, 0.6) is 0 Å². The van der Waals surface area contributed by atoms with Gasteiger partial charge in [0.15, 0.2) is 0 Å². The number of aliphatic carboxylic acids is 1. The van der Waals surface area contributed by atoms with E-state index in [9.17, 15) is 14.7 Å². The summed E-state index contributed by atoms with van der Waals surface area (Å²) in [5, 5.41) is 9.48. The fourth-order valence-corrected chi connectivity index (χ4v) is 3.74. The van der Waals surface area contributed by atoms with Crippen LogP contribution < -0.4 is 0 Å². The second-order valence-electron chi connectivity index (χ2n) is 6.37. The van der Waals surface area contributed by atoms with Gasteiger partial charge in [-0.15, -0.1) is 0 Å². The fraction of sp³-hybridized carbons (Fsp3) is 0.765. The van der Waals surface area contributed by atoms with Gasteiger partial charge < -0.3 is 10.0 Å². The zero-order valence-electron chi connectivity index (χ0n) is 13.1. The van der Waals surface area contributed by atoms with Crippen LogP contribution in [0.1, 0.15) is 46.0 Å². The molecule has 1 amide bonds. The Morgan fingerprint density at radius 2 is 1.57 bits per heavy atom. The van der Waals surface area contributed by atoms with Crippen molar-refractivity contribution in [3.8, 4) is 0 Å². The van der Waals surface area contributed by atoms with Crippen molar-refractivity contribution in [2.75, 3.05) is 13.1 Å². The lowest BCUT2D eigenvalue weighted by molar-refractivity contribution is -0.151. The van der Waals surface area contributed by atoms with E-state index in [0.29, 0.717) is 0 Å². The van der Waals surface area contributed by atoms with Gasteiger partial charge in [-0.1, -0.05) is 38.8 Å². The first-order chi connectivity index (χ1) is 10.1. The Labute approximate surface area is 127 Å². The van der Waals surface area contributed by atoms with Gasteiger partial charge in [0.25, 0.3) is 0 Å². The Morgan fingerprint density at radius 1 is 1.05 bits per heavy atom. The van der Waals surface area contributed by atoms with Crippen molar-refractivity contribution in [3.63, 3.8) is 0 Å². The summed E-state index contributed by atoms with van der Waals surface area (Å²) in [7, 11) is 0. The molecule has 2 unspecified atom stereocenters. The highest BCUT2D eigenvalue weighted by molar-refractivity contribution is 5.87. The van der Waals surface area contributed by atoms with Crippen molar-refractivity contribution in [3.05, 3.63) is 12.2 Å². The number of carbonyl (C=O) groups is 2. The molecule has 4 heteroatoms. The van der Waals surface area contributed by atoms with E-state index in [4.69, 9.17) is 0 Å². The van der Waals surface area contributed by atoms with E-state index in [2.05, 4.69) is 19.9 Å². The standard InChI is InChI=1S/C17H27NO3/c1-3-5-9-18(10-6-4-2)16(19)14-12-7-8-13(11-12)15(14)17(20)21/h7-8,12-15H,3-6,9-11H2,1-2H3,(H,20,21)/t12?,13?,14-,15+/m0/s1. The van der Waals surface area contributed by atoms with Gasteiger partial charge in [-0.25, -0.2) is 0 Å². The largest absolute Gasteiger partial charge is 0.481 e. The second kappa shape index (κ2) is 7.10. The molecule has 2 aliphatic rings. The molecule has 21 heavy (non-hydrogen) atoms. The summed E-state index contributed by atoms with van der Waals surface area (Å²) in [5.74, 6) is -1.41. The van der Waals surface area contributed by atoms with Crippen molar-refractivity contribution in [1.29, 1.82) is 0 Å². The number of rotatable bonds is 8. The predicted octanol–water partition coefficient (Wildman–Crippen LogP) is 2.94. The number of carboxylic acid groups (broad SMARTS) is 1. The van der Waals surface area contributed by atoms with Gasteiger partial charge in [0, 0.05) is 13.1 Å². The maximum Gasteiger partial charge on any atom is 0.307 e. The molecule has 0 heterocycles. The van der Waals surface area contributed by atoms with Crippen LogP contribution in [0.4, 0.5) is 0 Å². The Morgan fingerprint density at radius 3 is 2.05 bits per heavy atom. The third-order valence-electron chi connectivity index (χ3n) is 4.90. The summed E-state index contributed by atoms with van der Waals surface area (Å²) < 4.78 is 0. The highest BCUT2D eigenvalue weighted by atomic mass is 16.4. The molecule has 0 aliphatic heterocycles. The maximum atomic E-state index is 12.9. The lowest BCUT2D eigenvalue weighted by Crippen LogP contribution is -2.43. The van der Waals surface area contributed by atoms with Crippen LogP contribution in [0, 0.1) is 23.7 Å². The van der Waals surface area contributed by atoms with E-state index < -0.39 is 11.9 Å². The first-order valence-corrected chi connectivity index (χ1v) is 8.30. The number of nitrogens with zero attached hydrogens (tertiary/aromatic N) is 1. The number of hydrogen-bond donors (Lipinski definition) is 1. The predicted molar refractivity (Wildman–Crippen MR) is 81.7 cm³/mol. The molecule has 0 aromatic heterocycles. The van der Waals surface area contributed by atoms with E-state index in [-0.39, 0.29) is 23.7 Å². The summed E-state index contributed by atoms with van der Waals surface area (Å²) >= 11 is 0. The molecule has 0 saturated heterocycles. The van der Waals surface area contributed by atoms with Gasteiger partial charge in [0.05, 0.1) is 11.8 Å². The summed E-state index contributed by atoms with van der Waals surface area (Å²) in [4.78, 5) is 26.4. The van der Waals surface area contributed by atoms with Crippen LogP contribution in [0.25, 0.3) is 0 Å². The second-order valence-corrected chi connectivity index (χ2v) is 6.37. The van der Waals surface area contributed by atoms with Crippen LogP contribution in [-0.2, 0) is 9.59 Å². The Bertz CT molecular complexity index is 410. The van der Waals surface area contributed by atoms with E-state index >= 15 is 0 Å². The number of carbonyl (C=O) groups excluding carboxylic acids is 1. The molecule has 0 aromatic rings. The Hall–Kier alpha value is -1.32. The fourth-order valence-electron chi connectivity index (χ4n) is 3.74. The smallest absolute Gasteiger partial charge is 0.307 e. The minimum atomic E-state index is -0.809. The number of allylic oxidation sites excluding steroid dienone is 2. The van der Waals surface area contributed by atoms with Crippen LogP contribution in [0.2, 0.25) is 0 Å². The van der Waals surface area contributed by atoms with Gasteiger partial charge in [-0.3, -0.25) is 9.59 Å². The molecule has 0 spiro atoms. The molecule has 118 valence electrons. The number of hydrogen-bond acceptors (Lipinski definition) is 2. The van der Waals surface area contributed by atoms with Crippen molar-refractivity contribution >= 4 is 11.9 Å². The van der Waals surface area contributed by atoms with E-state index in [0.717, 1.165) is 45.2 Å². The highest BCUT2D eigenvalue weighted by Gasteiger charge is 2.52. The van der Waals surface area contributed by atoms with E-state index in [1.165, 1.54) is 0 Å². The molecule has 1 N–H and O–H groups in total. The van der Waals surface area contributed by atoms with Gasteiger partial charge in [0.2, 0.25) is 5.91 Å². The first-order valence-electron chi connectivity index (χ1n) is 8.30. The topological polar surface area (TPSA) is 57.6 Å². The summed E-state index contributed by atoms with van der Waals surface area (Å²) in [5.41, 5.74) is 0. The summed E-state index contributed by atoms with van der Waals surface area (Å²) in [6.45, 7) is 5.75. The summed E-state index contributed by atoms with van der Waals surface area (Å²) in [6, 6.07) is 0. The minimum absolute atomic E-state index is 0.0562. The van der Waals surface area contributed by atoms with E-state index in [1.54, 1.807) is 0 Å². The maximum absolute atomic E-state index is 12.9. The molecule has 2 rings (SSSR count). The van der Waals surface area contributed by atoms with Crippen LogP contribution in [-0.4, -0.2) is 35.0 Å². The molecule has 1 fully saturated rings. The van der Waals surface area contributed by atoms with Gasteiger partial charge >= 0.3 is 5.97 Å². The van der Waals surface area contributed by atoms with Crippen LogP contribution in [0.3, 0.4) is 0 Å². The molecule has 1 saturated carbocycles. The molecule has 4 nitrogen and oxygen atoms in total. The van der Waals surface area contributed by atoms with Crippen molar-refractivity contribution in [2.45, 2.75) is 46.0 Å². The zero-order chi connectivity index (χ0) is 15.4. The lowest BCUT2D eigenvalue weighted by atomic mass is 9.82. The molecular weight excluding hydrogens is 266 g/mol. The number of fused-ring (bicyclic) bond motifs is 2. The van der Waals surface area contributed by atoms with Crippen molar-refractivity contribution in [2.24, 2.45) is 23.7 Å². The third kappa shape index (κ3) is 3.30. The molecule has 4 atom stereocenters. The summed E-state index contributed by atoms with van der Waals surface area (Å²) in [6.07, 6.45) is 8.97. The van der Waals surface area contributed by atoms with Crippen LogP contribution >= 0.6 is 0 Å². The molecule has 2 aliphatic carbocycles. The monoisotopic (exact) mass is 293 g/mol. The average Bonchev–Trinajstić information content (AvgIpc) is 3.07. The quantitative estimate of drug-likeness (QED) is 0.700.